The molecular weight excluding hydrogens is 212 g/mol. The summed E-state index contributed by atoms with van der Waals surface area (Å²) in [5.74, 6) is 0.0372. The molecule has 2 rings (SSSR count). The average Bonchev–Trinajstić information content (AvgIpc) is 3.04. The highest BCUT2D eigenvalue weighted by Gasteiger charge is 2.37. The number of benzene rings is 1. The molecule has 0 spiro atoms. The minimum atomic E-state index is -0.677. The number of aliphatic carboxylic acids is 1. The maximum atomic E-state index is 11.2. The normalized spacial score (nSPS) is 17.1. The average molecular weight is 232 g/mol. The lowest BCUT2D eigenvalue weighted by molar-refractivity contribution is -0.139. The first kappa shape index (κ1) is 12.2. The van der Waals surface area contributed by atoms with E-state index >= 15 is 0 Å². The smallest absolute Gasteiger partial charge is 0.311 e. The Morgan fingerprint density at radius 1 is 1.29 bits per heavy atom. The molecule has 2 heteroatoms. The number of hydrogen-bond acceptors (Lipinski definition) is 1. The van der Waals surface area contributed by atoms with Crippen LogP contribution in [0.15, 0.2) is 24.3 Å². The van der Waals surface area contributed by atoms with Crippen LogP contribution in [-0.2, 0) is 11.2 Å². The van der Waals surface area contributed by atoms with Crippen molar-refractivity contribution >= 4 is 5.97 Å². The number of rotatable bonds is 5. The van der Waals surface area contributed by atoms with Gasteiger partial charge in [-0.15, -0.1) is 0 Å². The molecule has 92 valence electrons. The van der Waals surface area contributed by atoms with Crippen molar-refractivity contribution in [2.24, 2.45) is 11.8 Å². The van der Waals surface area contributed by atoms with Gasteiger partial charge in [-0.3, -0.25) is 4.79 Å². The van der Waals surface area contributed by atoms with Crippen molar-refractivity contribution in [2.45, 2.75) is 39.0 Å². The van der Waals surface area contributed by atoms with Gasteiger partial charge in [-0.25, -0.2) is 0 Å². The Bertz CT molecular complexity index is 388. The standard InChI is InChI=1S/C15H20O2/c1-10(2)9-11-3-5-12(6-4-11)14(15(16)17)13-7-8-13/h3-6,10,13-14H,7-9H2,1-2H3,(H,16,17). The van der Waals surface area contributed by atoms with Gasteiger partial charge in [-0.2, -0.15) is 0 Å². The summed E-state index contributed by atoms with van der Waals surface area (Å²) in [6.45, 7) is 4.39. The van der Waals surface area contributed by atoms with Crippen molar-refractivity contribution in [3.63, 3.8) is 0 Å². The summed E-state index contributed by atoms with van der Waals surface area (Å²) in [7, 11) is 0. The Labute approximate surface area is 103 Å². The highest BCUT2D eigenvalue weighted by atomic mass is 16.4. The zero-order chi connectivity index (χ0) is 12.4. The van der Waals surface area contributed by atoms with E-state index in [0.29, 0.717) is 11.8 Å². The summed E-state index contributed by atoms with van der Waals surface area (Å²) < 4.78 is 0. The maximum Gasteiger partial charge on any atom is 0.311 e. The Morgan fingerprint density at radius 3 is 2.29 bits per heavy atom. The molecule has 1 saturated carbocycles. The van der Waals surface area contributed by atoms with E-state index in [2.05, 4.69) is 26.0 Å². The van der Waals surface area contributed by atoms with Crippen molar-refractivity contribution in [3.05, 3.63) is 35.4 Å². The van der Waals surface area contributed by atoms with E-state index in [1.54, 1.807) is 0 Å². The van der Waals surface area contributed by atoms with Crippen molar-refractivity contribution in [1.29, 1.82) is 0 Å². The molecule has 0 heterocycles. The molecule has 1 unspecified atom stereocenters. The third-order valence-electron chi connectivity index (χ3n) is 3.34. The van der Waals surface area contributed by atoms with Crippen LogP contribution in [0.1, 0.15) is 43.7 Å². The topological polar surface area (TPSA) is 37.3 Å². The predicted molar refractivity (Wildman–Crippen MR) is 68.1 cm³/mol. The van der Waals surface area contributed by atoms with Gasteiger partial charge in [0.05, 0.1) is 5.92 Å². The van der Waals surface area contributed by atoms with Crippen LogP contribution in [0.5, 0.6) is 0 Å². The van der Waals surface area contributed by atoms with Gasteiger partial charge in [0.2, 0.25) is 0 Å². The minimum absolute atomic E-state index is 0.289. The molecule has 2 nitrogen and oxygen atoms in total. The van der Waals surface area contributed by atoms with Gasteiger partial charge in [0, 0.05) is 0 Å². The van der Waals surface area contributed by atoms with Crippen LogP contribution in [0.3, 0.4) is 0 Å². The van der Waals surface area contributed by atoms with Gasteiger partial charge >= 0.3 is 5.97 Å². The summed E-state index contributed by atoms with van der Waals surface area (Å²) in [6, 6.07) is 8.14. The molecule has 1 atom stereocenters. The lowest BCUT2D eigenvalue weighted by Gasteiger charge is -2.12. The van der Waals surface area contributed by atoms with E-state index < -0.39 is 5.97 Å². The van der Waals surface area contributed by atoms with E-state index in [4.69, 9.17) is 0 Å². The first-order chi connectivity index (χ1) is 8.08. The van der Waals surface area contributed by atoms with Crippen molar-refractivity contribution < 1.29 is 9.90 Å². The van der Waals surface area contributed by atoms with E-state index in [9.17, 15) is 9.90 Å². The lowest BCUT2D eigenvalue weighted by atomic mass is 9.92. The Hall–Kier alpha value is -1.31. The summed E-state index contributed by atoms with van der Waals surface area (Å²) in [5.41, 5.74) is 2.26. The van der Waals surface area contributed by atoms with Gasteiger partial charge in [0.1, 0.15) is 0 Å². The van der Waals surface area contributed by atoms with Crippen LogP contribution in [0.25, 0.3) is 0 Å². The van der Waals surface area contributed by atoms with Crippen LogP contribution in [0.2, 0.25) is 0 Å². The summed E-state index contributed by atoms with van der Waals surface area (Å²) in [6.07, 6.45) is 3.18. The van der Waals surface area contributed by atoms with Gasteiger partial charge in [0.25, 0.3) is 0 Å². The minimum Gasteiger partial charge on any atom is -0.481 e. The van der Waals surface area contributed by atoms with Crippen LogP contribution in [0, 0.1) is 11.8 Å². The second-order valence-corrected chi connectivity index (χ2v) is 5.49. The fourth-order valence-electron chi connectivity index (χ4n) is 2.38. The Balaban J connectivity index is 2.13. The Kier molecular flexibility index (Phi) is 3.51. The molecule has 1 fully saturated rings. The molecule has 0 bridgehead atoms. The predicted octanol–water partition coefficient (Wildman–Crippen LogP) is 3.46. The molecule has 17 heavy (non-hydrogen) atoms. The SMILES string of the molecule is CC(C)Cc1ccc(C(C(=O)O)C2CC2)cc1. The highest BCUT2D eigenvalue weighted by Crippen LogP contribution is 2.42. The quantitative estimate of drug-likeness (QED) is 0.844. The molecule has 1 aromatic rings. The second kappa shape index (κ2) is 4.91. The molecular formula is C15H20O2. The van der Waals surface area contributed by atoms with Crippen LogP contribution < -0.4 is 0 Å². The third kappa shape index (κ3) is 3.09. The first-order valence-corrected chi connectivity index (χ1v) is 6.39. The molecule has 0 amide bonds. The molecule has 1 N–H and O–H groups in total. The Morgan fingerprint density at radius 2 is 1.88 bits per heavy atom. The molecule has 1 aliphatic rings. The van der Waals surface area contributed by atoms with Crippen molar-refractivity contribution in [2.75, 3.05) is 0 Å². The summed E-state index contributed by atoms with van der Waals surface area (Å²) in [5, 5.41) is 9.25. The van der Waals surface area contributed by atoms with Crippen LogP contribution in [-0.4, -0.2) is 11.1 Å². The number of hydrogen-bond donors (Lipinski definition) is 1. The zero-order valence-corrected chi connectivity index (χ0v) is 10.5. The molecule has 0 aromatic heterocycles. The second-order valence-electron chi connectivity index (χ2n) is 5.49. The van der Waals surface area contributed by atoms with Crippen LogP contribution >= 0.6 is 0 Å². The van der Waals surface area contributed by atoms with Crippen LogP contribution in [0.4, 0.5) is 0 Å². The van der Waals surface area contributed by atoms with Gasteiger partial charge in [-0.1, -0.05) is 38.1 Å². The number of carbonyl (C=O) groups is 1. The molecule has 0 saturated heterocycles. The monoisotopic (exact) mass is 232 g/mol. The third-order valence-corrected chi connectivity index (χ3v) is 3.34. The highest BCUT2D eigenvalue weighted by molar-refractivity contribution is 5.77. The number of carboxylic acid groups (broad SMARTS) is 1. The maximum absolute atomic E-state index is 11.2. The molecule has 1 aliphatic carbocycles. The van der Waals surface area contributed by atoms with Crippen molar-refractivity contribution in [1.82, 2.24) is 0 Å². The zero-order valence-electron chi connectivity index (χ0n) is 10.5. The van der Waals surface area contributed by atoms with Gasteiger partial charge < -0.3 is 5.11 Å². The summed E-state index contributed by atoms with van der Waals surface area (Å²) in [4.78, 5) is 11.2. The molecule has 0 aliphatic heterocycles. The molecule has 1 aromatic carbocycles. The fraction of sp³-hybridized carbons (Fsp3) is 0.533. The van der Waals surface area contributed by atoms with Gasteiger partial charge in [-0.05, 0) is 42.2 Å². The molecule has 0 radical (unpaired) electrons. The van der Waals surface area contributed by atoms with E-state index in [-0.39, 0.29) is 5.92 Å². The van der Waals surface area contributed by atoms with E-state index in [1.807, 2.05) is 12.1 Å². The number of carboxylic acids is 1. The van der Waals surface area contributed by atoms with E-state index in [0.717, 1.165) is 24.8 Å². The first-order valence-electron chi connectivity index (χ1n) is 6.39. The summed E-state index contributed by atoms with van der Waals surface area (Å²) >= 11 is 0. The van der Waals surface area contributed by atoms with Gasteiger partial charge in [0.15, 0.2) is 0 Å². The van der Waals surface area contributed by atoms with Crippen molar-refractivity contribution in [3.8, 4) is 0 Å². The van der Waals surface area contributed by atoms with E-state index in [1.165, 1.54) is 5.56 Å². The fourth-order valence-corrected chi connectivity index (χ4v) is 2.38. The lowest BCUT2D eigenvalue weighted by Crippen LogP contribution is -2.13. The largest absolute Gasteiger partial charge is 0.481 e.